The normalized spacial score (nSPS) is 26.9. The molecule has 2 aliphatic rings. The highest BCUT2D eigenvalue weighted by molar-refractivity contribution is 5.79. The first-order valence-corrected chi connectivity index (χ1v) is 7.39. The number of amides is 2. The van der Waals surface area contributed by atoms with Gasteiger partial charge in [-0.2, -0.15) is 0 Å². The van der Waals surface area contributed by atoms with Crippen molar-refractivity contribution in [2.75, 3.05) is 26.2 Å². The van der Waals surface area contributed by atoms with Gasteiger partial charge in [-0.3, -0.25) is 4.79 Å². The summed E-state index contributed by atoms with van der Waals surface area (Å²) >= 11 is 0. The highest BCUT2D eigenvalue weighted by Gasteiger charge is 2.42. The lowest BCUT2D eigenvalue weighted by Gasteiger charge is -2.20. The van der Waals surface area contributed by atoms with Gasteiger partial charge in [0.25, 0.3) is 0 Å². The molecular weight excluding hydrogens is 260 g/mol. The summed E-state index contributed by atoms with van der Waals surface area (Å²) < 4.78 is 5.67. The van der Waals surface area contributed by atoms with E-state index in [1.54, 1.807) is 11.8 Å². The number of hydrogen-bond acceptors (Lipinski definition) is 3. The summed E-state index contributed by atoms with van der Waals surface area (Å²) in [4.78, 5) is 24.6. The number of rotatable bonds is 5. The summed E-state index contributed by atoms with van der Waals surface area (Å²) in [7, 11) is 0. The van der Waals surface area contributed by atoms with Gasteiger partial charge in [-0.1, -0.05) is 12.8 Å². The van der Waals surface area contributed by atoms with Crippen LogP contribution < -0.4 is 5.32 Å². The quantitative estimate of drug-likeness (QED) is 0.749. The average molecular weight is 284 g/mol. The van der Waals surface area contributed by atoms with Gasteiger partial charge in [0.1, 0.15) is 0 Å². The molecule has 2 rings (SSSR count). The third-order valence-electron chi connectivity index (χ3n) is 4.31. The maximum atomic E-state index is 11.9. The van der Waals surface area contributed by atoms with Gasteiger partial charge in [0.2, 0.25) is 0 Å². The molecule has 1 atom stereocenters. The Balaban J connectivity index is 1.64. The lowest BCUT2D eigenvalue weighted by Crippen LogP contribution is -2.42. The molecule has 1 heterocycles. The average Bonchev–Trinajstić information content (AvgIpc) is 3.04. The second-order valence-electron chi connectivity index (χ2n) is 6.05. The highest BCUT2D eigenvalue weighted by atomic mass is 16.5. The number of carbonyl (C=O) groups excluding carboxylic acids is 1. The molecule has 2 amide bonds. The van der Waals surface area contributed by atoms with Crippen molar-refractivity contribution in [3.63, 3.8) is 0 Å². The van der Waals surface area contributed by atoms with E-state index < -0.39 is 11.4 Å². The minimum atomic E-state index is -0.836. The second kappa shape index (κ2) is 6.43. The second-order valence-corrected chi connectivity index (χ2v) is 6.05. The molecule has 0 spiro atoms. The van der Waals surface area contributed by atoms with Gasteiger partial charge in [0, 0.05) is 19.6 Å². The summed E-state index contributed by atoms with van der Waals surface area (Å²) in [5.41, 5.74) is -0.808. The largest absolute Gasteiger partial charge is 0.481 e. The Hall–Kier alpha value is -1.30. The molecule has 0 aromatic heterocycles. The highest BCUT2D eigenvalue weighted by Crippen LogP contribution is 2.29. The van der Waals surface area contributed by atoms with E-state index in [0.29, 0.717) is 32.2 Å². The molecular formula is C14H24N2O4. The Labute approximate surface area is 119 Å². The fraction of sp³-hybridized carbons (Fsp3) is 0.857. The standard InChI is InChI=1S/C14H24N2O4/c1-14(12(17)18)6-8-16(10-14)13(19)15-7-9-20-11-4-2-3-5-11/h11H,2-10H2,1H3,(H,15,19)(H,17,18). The van der Waals surface area contributed by atoms with E-state index in [-0.39, 0.29) is 12.6 Å². The number of carboxylic acids is 1. The van der Waals surface area contributed by atoms with Crippen molar-refractivity contribution >= 4 is 12.0 Å². The Morgan fingerprint density at radius 3 is 2.70 bits per heavy atom. The van der Waals surface area contributed by atoms with Gasteiger partial charge in [0.05, 0.1) is 18.1 Å². The number of likely N-dealkylation sites (tertiary alicyclic amines) is 1. The van der Waals surface area contributed by atoms with Gasteiger partial charge in [0.15, 0.2) is 0 Å². The van der Waals surface area contributed by atoms with Gasteiger partial charge < -0.3 is 20.1 Å². The van der Waals surface area contributed by atoms with Crippen molar-refractivity contribution in [2.45, 2.75) is 45.1 Å². The molecule has 1 saturated heterocycles. The van der Waals surface area contributed by atoms with Crippen molar-refractivity contribution in [2.24, 2.45) is 5.41 Å². The van der Waals surface area contributed by atoms with E-state index in [1.807, 2.05) is 0 Å². The predicted molar refractivity (Wildman–Crippen MR) is 73.5 cm³/mol. The summed E-state index contributed by atoms with van der Waals surface area (Å²) in [6.07, 6.45) is 5.58. The zero-order valence-electron chi connectivity index (χ0n) is 12.1. The monoisotopic (exact) mass is 284 g/mol. The van der Waals surface area contributed by atoms with Gasteiger partial charge >= 0.3 is 12.0 Å². The van der Waals surface area contributed by atoms with E-state index in [2.05, 4.69) is 5.32 Å². The molecule has 1 saturated carbocycles. The van der Waals surface area contributed by atoms with Gasteiger partial charge in [-0.25, -0.2) is 4.79 Å². The van der Waals surface area contributed by atoms with Crippen molar-refractivity contribution < 1.29 is 19.4 Å². The predicted octanol–water partition coefficient (Wildman–Crippen LogP) is 1.45. The van der Waals surface area contributed by atoms with E-state index in [4.69, 9.17) is 9.84 Å². The number of nitrogens with zero attached hydrogens (tertiary/aromatic N) is 1. The molecule has 0 radical (unpaired) electrons. The first kappa shape index (κ1) is 15.1. The minimum absolute atomic E-state index is 0.190. The number of ether oxygens (including phenoxy) is 1. The fourth-order valence-corrected chi connectivity index (χ4v) is 2.86. The molecule has 20 heavy (non-hydrogen) atoms. The fourth-order valence-electron chi connectivity index (χ4n) is 2.86. The van der Waals surface area contributed by atoms with Crippen LogP contribution >= 0.6 is 0 Å². The van der Waals surface area contributed by atoms with Gasteiger partial charge in [-0.05, 0) is 26.2 Å². The number of carboxylic acid groups (broad SMARTS) is 1. The number of hydrogen-bond donors (Lipinski definition) is 2. The molecule has 2 fully saturated rings. The Bertz CT molecular complexity index is 368. The third-order valence-corrected chi connectivity index (χ3v) is 4.31. The molecule has 1 aliphatic carbocycles. The summed E-state index contributed by atoms with van der Waals surface area (Å²) in [6.45, 7) is 3.47. The molecule has 6 heteroatoms. The molecule has 0 aromatic rings. The smallest absolute Gasteiger partial charge is 0.317 e. The molecule has 0 bridgehead atoms. The van der Waals surface area contributed by atoms with Crippen LogP contribution in [-0.2, 0) is 9.53 Å². The number of nitrogens with one attached hydrogen (secondary N) is 1. The zero-order valence-corrected chi connectivity index (χ0v) is 12.1. The van der Waals surface area contributed by atoms with Crippen molar-refractivity contribution in [3.05, 3.63) is 0 Å². The topological polar surface area (TPSA) is 78.9 Å². The molecule has 1 aliphatic heterocycles. The molecule has 6 nitrogen and oxygen atoms in total. The first-order chi connectivity index (χ1) is 9.51. The van der Waals surface area contributed by atoms with Crippen LogP contribution in [0.15, 0.2) is 0 Å². The summed E-state index contributed by atoms with van der Waals surface area (Å²) in [6, 6.07) is -0.190. The summed E-state index contributed by atoms with van der Waals surface area (Å²) in [5.74, 6) is -0.836. The lowest BCUT2D eigenvalue weighted by atomic mass is 9.90. The van der Waals surface area contributed by atoms with Crippen LogP contribution in [0.1, 0.15) is 39.0 Å². The third kappa shape index (κ3) is 3.62. The maximum Gasteiger partial charge on any atom is 0.317 e. The maximum absolute atomic E-state index is 11.9. The lowest BCUT2D eigenvalue weighted by molar-refractivity contribution is -0.147. The zero-order chi connectivity index (χ0) is 14.6. The van der Waals surface area contributed by atoms with Gasteiger partial charge in [-0.15, -0.1) is 0 Å². The molecule has 0 aromatic carbocycles. The van der Waals surface area contributed by atoms with Crippen LogP contribution in [0.2, 0.25) is 0 Å². The SMILES string of the molecule is CC1(C(=O)O)CCN(C(=O)NCCOC2CCCC2)C1. The van der Waals surface area contributed by atoms with E-state index in [0.717, 1.165) is 12.8 Å². The molecule has 114 valence electrons. The number of aliphatic carboxylic acids is 1. The first-order valence-electron chi connectivity index (χ1n) is 7.39. The van der Waals surface area contributed by atoms with Crippen LogP contribution in [0.25, 0.3) is 0 Å². The van der Waals surface area contributed by atoms with E-state index >= 15 is 0 Å². The molecule has 2 N–H and O–H groups in total. The van der Waals surface area contributed by atoms with Crippen LogP contribution in [0, 0.1) is 5.41 Å². The van der Waals surface area contributed by atoms with E-state index in [9.17, 15) is 9.59 Å². The Kier molecular flexibility index (Phi) is 4.86. The minimum Gasteiger partial charge on any atom is -0.481 e. The van der Waals surface area contributed by atoms with Crippen LogP contribution in [-0.4, -0.2) is 54.4 Å². The summed E-state index contributed by atoms with van der Waals surface area (Å²) in [5, 5.41) is 11.9. The van der Waals surface area contributed by atoms with Crippen molar-refractivity contribution in [1.82, 2.24) is 10.2 Å². The Morgan fingerprint density at radius 1 is 1.40 bits per heavy atom. The van der Waals surface area contributed by atoms with Crippen LogP contribution in [0.4, 0.5) is 4.79 Å². The van der Waals surface area contributed by atoms with Crippen LogP contribution in [0.3, 0.4) is 0 Å². The van der Waals surface area contributed by atoms with Crippen LogP contribution in [0.5, 0.6) is 0 Å². The van der Waals surface area contributed by atoms with Crippen molar-refractivity contribution in [1.29, 1.82) is 0 Å². The number of urea groups is 1. The van der Waals surface area contributed by atoms with Crippen molar-refractivity contribution in [3.8, 4) is 0 Å². The number of carbonyl (C=O) groups is 2. The van der Waals surface area contributed by atoms with E-state index in [1.165, 1.54) is 12.8 Å². The Morgan fingerprint density at radius 2 is 2.10 bits per heavy atom. The molecule has 1 unspecified atom stereocenters.